The molecule has 0 saturated carbocycles. The number of aromatic nitrogens is 2. The van der Waals surface area contributed by atoms with Crippen LogP contribution in [0.15, 0.2) is 36.5 Å². The molecule has 1 heterocycles. The van der Waals surface area contributed by atoms with Crippen molar-refractivity contribution in [3.63, 3.8) is 0 Å². The third kappa shape index (κ3) is 4.47. The van der Waals surface area contributed by atoms with Crippen LogP contribution in [0.3, 0.4) is 0 Å². The molecule has 0 aliphatic carbocycles. The van der Waals surface area contributed by atoms with E-state index in [1.807, 2.05) is 37.3 Å². The molecule has 0 fully saturated rings. The first-order valence-corrected chi connectivity index (χ1v) is 8.42. The number of carbonyl (C=O) groups is 2. The minimum absolute atomic E-state index is 0.311. The number of nitrogens with one attached hydrogen (secondary N) is 1. The Balaban J connectivity index is 2.26. The van der Waals surface area contributed by atoms with Gasteiger partial charge in [0.25, 0.3) is 5.91 Å². The van der Waals surface area contributed by atoms with Crippen LogP contribution in [-0.2, 0) is 11.3 Å². The summed E-state index contributed by atoms with van der Waals surface area (Å²) in [7, 11) is 0. The van der Waals surface area contributed by atoms with Crippen LogP contribution in [0.5, 0.6) is 0 Å². The van der Waals surface area contributed by atoms with Crippen molar-refractivity contribution in [3.8, 4) is 0 Å². The van der Waals surface area contributed by atoms with Gasteiger partial charge in [-0.15, -0.1) is 0 Å². The molecule has 0 aliphatic heterocycles. The second-order valence-electron chi connectivity index (χ2n) is 6.71. The van der Waals surface area contributed by atoms with Gasteiger partial charge in [0.1, 0.15) is 0 Å². The van der Waals surface area contributed by atoms with Crippen LogP contribution < -0.4 is 5.32 Å². The molecule has 2 unspecified atom stereocenters. The molecule has 2 N–H and O–H groups in total. The summed E-state index contributed by atoms with van der Waals surface area (Å²) in [5.74, 6) is -1.60. The van der Waals surface area contributed by atoms with Crippen LogP contribution in [0.4, 0.5) is 0 Å². The number of benzene rings is 1. The van der Waals surface area contributed by atoms with Crippen molar-refractivity contribution in [3.05, 3.63) is 53.3 Å². The van der Waals surface area contributed by atoms with Gasteiger partial charge in [-0.2, -0.15) is 5.10 Å². The third-order valence-electron chi connectivity index (χ3n) is 4.22. The number of carbonyl (C=O) groups excluding carboxylic acids is 1. The predicted molar refractivity (Wildman–Crippen MR) is 95.3 cm³/mol. The Morgan fingerprint density at radius 3 is 2.40 bits per heavy atom. The maximum atomic E-state index is 12.7. The van der Waals surface area contributed by atoms with Crippen molar-refractivity contribution < 1.29 is 14.7 Å². The maximum absolute atomic E-state index is 12.7. The first kappa shape index (κ1) is 18.7. The van der Waals surface area contributed by atoms with E-state index in [1.165, 1.54) is 0 Å². The van der Waals surface area contributed by atoms with Gasteiger partial charge in [-0.1, -0.05) is 44.2 Å². The van der Waals surface area contributed by atoms with Crippen LogP contribution in [0.25, 0.3) is 0 Å². The molecule has 25 heavy (non-hydrogen) atoms. The van der Waals surface area contributed by atoms with E-state index in [0.29, 0.717) is 11.5 Å². The molecule has 2 rings (SSSR count). The number of aliphatic carboxylic acids is 1. The number of hydrogen-bond acceptors (Lipinski definition) is 3. The highest BCUT2D eigenvalue weighted by Crippen LogP contribution is 2.23. The summed E-state index contributed by atoms with van der Waals surface area (Å²) in [5.41, 5.74) is 2.01. The smallest absolute Gasteiger partial charge is 0.308 e. The van der Waals surface area contributed by atoms with E-state index in [0.717, 1.165) is 17.8 Å². The lowest BCUT2D eigenvalue weighted by Gasteiger charge is -2.23. The fraction of sp³-hybridized carbons (Fsp3) is 0.421. The van der Waals surface area contributed by atoms with E-state index in [-0.39, 0.29) is 5.91 Å². The standard InChI is InChI=1S/C19H25N3O3/c1-12(2)11-22-14(4)16(10-20-22)18(23)21-17(13(3)19(24)25)15-8-6-5-7-9-15/h5-10,12-13,17H,11H2,1-4H3,(H,21,23)(H,24,25). The summed E-state index contributed by atoms with van der Waals surface area (Å²) >= 11 is 0. The molecule has 1 amide bonds. The molecule has 6 nitrogen and oxygen atoms in total. The molecule has 2 aromatic rings. The quantitative estimate of drug-likeness (QED) is 0.809. The van der Waals surface area contributed by atoms with Crippen LogP contribution in [0.1, 0.15) is 48.4 Å². The van der Waals surface area contributed by atoms with Crippen molar-refractivity contribution in [2.45, 2.75) is 40.3 Å². The Morgan fingerprint density at radius 1 is 1.20 bits per heavy atom. The number of nitrogens with zero attached hydrogens (tertiary/aromatic N) is 2. The van der Waals surface area contributed by atoms with Gasteiger partial charge in [-0.25, -0.2) is 0 Å². The first-order chi connectivity index (χ1) is 11.8. The number of amides is 1. The summed E-state index contributed by atoms with van der Waals surface area (Å²) in [4.78, 5) is 24.2. The summed E-state index contributed by atoms with van der Waals surface area (Å²) in [6, 6.07) is 8.54. The van der Waals surface area contributed by atoms with Gasteiger partial charge in [0.15, 0.2) is 0 Å². The Morgan fingerprint density at radius 2 is 1.84 bits per heavy atom. The van der Waals surface area contributed by atoms with Gasteiger partial charge >= 0.3 is 5.97 Å². The predicted octanol–water partition coefficient (Wildman–Crippen LogP) is 3.04. The largest absolute Gasteiger partial charge is 0.481 e. The van der Waals surface area contributed by atoms with Crippen molar-refractivity contribution >= 4 is 11.9 Å². The second-order valence-corrected chi connectivity index (χ2v) is 6.71. The molecule has 6 heteroatoms. The van der Waals surface area contributed by atoms with Gasteiger partial charge < -0.3 is 10.4 Å². The van der Waals surface area contributed by atoms with Crippen molar-refractivity contribution in [1.82, 2.24) is 15.1 Å². The van der Waals surface area contributed by atoms with Gasteiger partial charge in [-0.05, 0) is 25.3 Å². The van der Waals surface area contributed by atoms with E-state index < -0.39 is 17.9 Å². The van der Waals surface area contributed by atoms with Crippen molar-refractivity contribution in [2.24, 2.45) is 11.8 Å². The van der Waals surface area contributed by atoms with Crippen LogP contribution >= 0.6 is 0 Å². The van der Waals surface area contributed by atoms with Gasteiger partial charge in [0.2, 0.25) is 0 Å². The maximum Gasteiger partial charge on any atom is 0.308 e. The highest BCUT2D eigenvalue weighted by molar-refractivity contribution is 5.95. The molecule has 0 aliphatic rings. The number of rotatable bonds is 7. The summed E-state index contributed by atoms with van der Waals surface area (Å²) in [5, 5.41) is 16.5. The van der Waals surface area contributed by atoms with E-state index in [9.17, 15) is 14.7 Å². The monoisotopic (exact) mass is 343 g/mol. The van der Waals surface area contributed by atoms with E-state index in [2.05, 4.69) is 24.3 Å². The van der Waals surface area contributed by atoms with E-state index in [4.69, 9.17) is 0 Å². The van der Waals surface area contributed by atoms with E-state index in [1.54, 1.807) is 17.8 Å². The molecular formula is C19H25N3O3. The van der Waals surface area contributed by atoms with Gasteiger partial charge in [0, 0.05) is 12.2 Å². The molecule has 0 radical (unpaired) electrons. The lowest BCUT2D eigenvalue weighted by atomic mass is 9.94. The van der Waals surface area contributed by atoms with Crippen LogP contribution in [-0.4, -0.2) is 26.8 Å². The van der Waals surface area contributed by atoms with E-state index >= 15 is 0 Å². The zero-order chi connectivity index (χ0) is 18.6. The zero-order valence-electron chi connectivity index (χ0n) is 15.1. The molecule has 134 valence electrons. The van der Waals surface area contributed by atoms with Crippen LogP contribution in [0.2, 0.25) is 0 Å². The molecular weight excluding hydrogens is 318 g/mol. The lowest BCUT2D eigenvalue weighted by Crippen LogP contribution is -2.35. The number of hydrogen-bond donors (Lipinski definition) is 2. The minimum atomic E-state index is -0.957. The zero-order valence-corrected chi connectivity index (χ0v) is 15.1. The SMILES string of the molecule is Cc1c(C(=O)NC(c2ccccc2)C(C)C(=O)O)cnn1CC(C)C. The average molecular weight is 343 g/mol. The number of carboxylic acid groups (broad SMARTS) is 1. The Labute approximate surface area is 147 Å². The third-order valence-corrected chi connectivity index (χ3v) is 4.22. The van der Waals surface area contributed by atoms with Crippen molar-refractivity contribution in [1.29, 1.82) is 0 Å². The number of carboxylic acids is 1. The lowest BCUT2D eigenvalue weighted by molar-refractivity contribution is -0.142. The van der Waals surface area contributed by atoms with Crippen molar-refractivity contribution in [2.75, 3.05) is 0 Å². The van der Waals surface area contributed by atoms with Gasteiger partial charge in [-0.3, -0.25) is 14.3 Å². The molecule has 1 aromatic carbocycles. The molecule has 0 saturated heterocycles. The van der Waals surface area contributed by atoms with Gasteiger partial charge in [0.05, 0.1) is 23.7 Å². The summed E-state index contributed by atoms with van der Waals surface area (Å²) in [6.45, 7) is 8.34. The molecule has 2 atom stereocenters. The topological polar surface area (TPSA) is 84.2 Å². The highest BCUT2D eigenvalue weighted by atomic mass is 16.4. The fourth-order valence-corrected chi connectivity index (χ4v) is 2.72. The Bertz CT molecular complexity index is 738. The molecule has 0 spiro atoms. The Kier molecular flexibility index (Phi) is 5.96. The highest BCUT2D eigenvalue weighted by Gasteiger charge is 2.28. The minimum Gasteiger partial charge on any atom is -0.481 e. The second kappa shape index (κ2) is 7.96. The summed E-state index contributed by atoms with van der Waals surface area (Å²) in [6.07, 6.45) is 1.54. The fourth-order valence-electron chi connectivity index (χ4n) is 2.72. The molecule has 1 aromatic heterocycles. The normalized spacial score (nSPS) is 13.5. The first-order valence-electron chi connectivity index (χ1n) is 8.42. The summed E-state index contributed by atoms with van der Waals surface area (Å²) < 4.78 is 1.80. The average Bonchev–Trinajstić information content (AvgIpc) is 2.92. The van der Waals surface area contributed by atoms with Crippen LogP contribution in [0, 0.1) is 18.8 Å². The molecule has 0 bridgehead atoms. The Hall–Kier alpha value is -2.63.